The zero-order chi connectivity index (χ0) is 24.8. The predicted octanol–water partition coefficient (Wildman–Crippen LogP) is 5.90. The number of carbonyl (C=O) groups is 1. The second-order valence-electron chi connectivity index (χ2n) is 7.95. The van der Waals surface area contributed by atoms with E-state index in [1.54, 1.807) is 31.4 Å². The Balaban J connectivity index is 1.56. The molecule has 0 saturated heterocycles. The molecule has 0 bridgehead atoms. The van der Waals surface area contributed by atoms with E-state index < -0.39 is 6.04 Å². The van der Waals surface area contributed by atoms with Crippen LogP contribution in [0.3, 0.4) is 0 Å². The van der Waals surface area contributed by atoms with Crippen LogP contribution in [0.1, 0.15) is 29.9 Å². The molecule has 2 amide bonds. The van der Waals surface area contributed by atoms with Gasteiger partial charge in [0, 0.05) is 11.4 Å². The lowest BCUT2D eigenvalue weighted by Gasteiger charge is -2.17. The topological polar surface area (TPSA) is 81.1 Å². The highest BCUT2D eigenvalue weighted by Gasteiger charge is 2.21. The number of halogens is 1. The molecule has 0 fully saturated rings. The highest BCUT2D eigenvalue weighted by Crippen LogP contribution is 2.28. The van der Waals surface area contributed by atoms with Crippen molar-refractivity contribution in [3.8, 4) is 11.4 Å². The van der Waals surface area contributed by atoms with Gasteiger partial charge >= 0.3 is 6.03 Å². The number of nitrogens with one attached hydrogen (secondary N) is 2. The Bertz CT molecular complexity index is 1290. The Labute approximate surface area is 207 Å². The molecular formula is C26H26FN5O2S. The van der Waals surface area contributed by atoms with Crippen molar-refractivity contribution in [2.75, 3.05) is 12.4 Å². The summed E-state index contributed by atoms with van der Waals surface area (Å²) in [7, 11) is 1.55. The molecule has 7 nitrogen and oxygen atoms in total. The van der Waals surface area contributed by atoms with Gasteiger partial charge in [-0.3, -0.25) is 4.57 Å². The van der Waals surface area contributed by atoms with E-state index in [9.17, 15) is 9.18 Å². The normalized spacial score (nSPS) is 11.7. The third-order valence-corrected chi connectivity index (χ3v) is 6.32. The van der Waals surface area contributed by atoms with Crippen molar-refractivity contribution >= 4 is 23.5 Å². The first kappa shape index (κ1) is 24.3. The first-order valence-electron chi connectivity index (χ1n) is 11.0. The van der Waals surface area contributed by atoms with Gasteiger partial charge in [-0.25, -0.2) is 9.18 Å². The molecule has 0 spiro atoms. The average molecular weight is 492 g/mol. The molecule has 1 atom stereocenters. The molecule has 3 aromatic carbocycles. The largest absolute Gasteiger partial charge is 0.495 e. The number of nitrogens with zero attached hydrogens (tertiary/aromatic N) is 3. The van der Waals surface area contributed by atoms with E-state index in [0.29, 0.717) is 28.2 Å². The number of thioether (sulfide) groups is 1. The number of rotatable bonds is 8. The molecule has 0 radical (unpaired) electrons. The Morgan fingerprint density at radius 3 is 2.49 bits per heavy atom. The molecule has 0 aliphatic rings. The number of aromatic nitrogens is 3. The van der Waals surface area contributed by atoms with Crippen LogP contribution in [-0.2, 0) is 5.75 Å². The molecule has 2 N–H and O–H groups in total. The van der Waals surface area contributed by atoms with Crippen LogP contribution in [0.2, 0.25) is 0 Å². The van der Waals surface area contributed by atoms with Gasteiger partial charge in [-0.05, 0) is 55.8 Å². The lowest BCUT2D eigenvalue weighted by molar-refractivity contribution is 0.248. The first-order valence-corrected chi connectivity index (χ1v) is 12.0. The van der Waals surface area contributed by atoms with Gasteiger partial charge in [-0.1, -0.05) is 53.7 Å². The van der Waals surface area contributed by atoms with Crippen molar-refractivity contribution in [1.29, 1.82) is 0 Å². The molecule has 180 valence electrons. The minimum atomic E-state index is -0.446. The molecular weight excluding hydrogens is 465 g/mol. The van der Waals surface area contributed by atoms with Crippen molar-refractivity contribution in [3.63, 3.8) is 0 Å². The molecule has 4 aromatic rings. The van der Waals surface area contributed by atoms with Crippen molar-refractivity contribution in [2.45, 2.75) is 30.8 Å². The van der Waals surface area contributed by atoms with Gasteiger partial charge in [0.1, 0.15) is 11.6 Å². The van der Waals surface area contributed by atoms with Crippen LogP contribution >= 0.6 is 11.8 Å². The number of hydrogen-bond donors (Lipinski definition) is 2. The molecule has 0 saturated carbocycles. The summed E-state index contributed by atoms with van der Waals surface area (Å²) >= 11 is 1.49. The summed E-state index contributed by atoms with van der Waals surface area (Å²) in [4.78, 5) is 12.7. The number of ether oxygens (including phenoxy) is 1. The lowest BCUT2D eigenvalue weighted by Crippen LogP contribution is -2.32. The monoisotopic (exact) mass is 491 g/mol. The molecule has 35 heavy (non-hydrogen) atoms. The smallest absolute Gasteiger partial charge is 0.319 e. The number of benzene rings is 3. The Morgan fingerprint density at radius 2 is 1.77 bits per heavy atom. The van der Waals surface area contributed by atoms with Crippen LogP contribution in [-0.4, -0.2) is 27.9 Å². The number of para-hydroxylation sites is 2. The molecule has 1 aromatic heterocycles. The molecule has 0 aliphatic carbocycles. The number of carbonyl (C=O) groups excluding carboxylic acids is 1. The summed E-state index contributed by atoms with van der Waals surface area (Å²) in [5.74, 6) is 1.48. The lowest BCUT2D eigenvalue weighted by atomic mass is 10.2. The molecule has 1 heterocycles. The standard InChI is InChI=1S/C26H26FN5O2S/c1-17-8-14-21(15-9-17)32-24(30-31-26(32)35-16-19-10-12-20(27)13-11-19)18(2)28-25(33)29-22-6-4-5-7-23(22)34-3/h4-15,18H,16H2,1-3H3,(H2,28,29,33). The van der Waals surface area contributed by atoms with Gasteiger partial charge in [0.25, 0.3) is 0 Å². The van der Waals surface area contributed by atoms with Gasteiger partial charge in [0.05, 0.1) is 18.8 Å². The van der Waals surface area contributed by atoms with E-state index in [0.717, 1.165) is 16.8 Å². The summed E-state index contributed by atoms with van der Waals surface area (Å²) in [6.07, 6.45) is 0. The maximum atomic E-state index is 13.3. The Kier molecular flexibility index (Phi) is 7.67. The predicted molar refractivity (Wildman–Crippen MR) is 136 cm³/mol. The van der Waals surface area contributed by atoms with Crippen LogP contribution in [0.25, 0.3) is 5.69 Å². The van der Waals surface area contributed by atoms with Crippen LogP contribution in [0.5, 0.6) is 5.75 Å². The van der Waals surface area contributed by atoms with Gasteiger partial charge in [-0.15, -0.1) is 10.2 Å². The molecule has 4 rings (SSSR count). The average Bonchev–Trinajstić information content (AvgIpc) is 3.28. The molecule has 1 unspecified atom stereocenters. The van der Waals surface area contributed by atoms with Crippen LogP contribution < -0.4 is 15.4 Å². The van der Waals surface area contributed by atoms with Gasteiger partial charge in [0.2, 0.25) is 0 Å². The molecule has 0 aliphatic heterocycles. The zero-order valence-corrected chi connectivity index (χ0v) is 20.5. The summed E-state index contributed by atoms with van der Waals surface area (Å²) in [5.41, 5.74) is 3.55. The second kappa shape index (κ2) is 11.1. The fourth-order valence-corrected chi connectivity index (χ4v) is 4.40. The minimum absolute atomic E-state index is 0.268. The minimum Gasteiger partial charge on any atom is -0.495 e. The van der Waals surface area contributed by atoms with Gasteiger partial charge in [-0.2, -0.15) is 0 Å². The van der Waals surface area contributed by atoms with Crippen LogP contribution in [0.4, 0.5) is 14.9 Å². The van der Waals surface area contributed by atoms with E-state index in [1.165, 1.54) is 23.9 Å². The number of hydrogen-bond acceptors (Lipinski definition) is 5. The second-order valence-corrected chi connectivity index (χ2v) is 8.89. The maximum Gasteiger partial charge on any atom is 0.319 e. The maximum absolute atomic E-state index is 13.3. The fraction of sp³-hybridized carbons (Fsp3) is 0.192. The number of urea groups is 1. The summed E-state index contributed by atoms with van der Waals surface area (Å²) in [6.45, 7) is 3.87. The van der Waals surface area contributed by atoms with Crippen LogP contribution in [0.15, 0.2) is 78.0 Å². The zero-order valence-electron chi connectivity index (χ0n) is 19.7. The molecule has 9 heteroatoms. The van der Waals surface area contributed by atoms with E-state index >= 15 is 0 Å². The SMILES string of the molecule is COc1ccccc1NC(=O)NC(C)c1nnc(SCc2ccc(F)cc2)n1-c1ccc(C)cc1. The van der Waals surface area contributed by atoms with E-state index in [1.807, 2.05) is 54.8 Å². The highest BCUT2D eigenvalue weighted by molar-refractivity contribution is 7.98. The van der Waals surface area contributed by atoms with Gasteiger partial charge < -0.3 is 15.4 Å². The summed E-state index contributed by atoms with van der Waals surface area (Å²) < 4.78 is 20.5. The van der Waals surface area contributed by atoms with Gasteiger partial charge in [0.15, 0.2) is 11.0 Å². The third kappa shape index (κ3) is 5.99. The fourth-order valence-electron chi connectivity index (χ4n) is 3.49. The summed E-state index contributed by atoms with van der Waals surface area (Å²) in [6, 6.07) is 20.8. The van der Waals surface area contributed by atoms with Crippen molar-refractivity contribution in [2.24, 2.45) is 0 Å². The van der Waals surface area contributed by atoms with Crippen molar-refractivity contribution in [3.05, 3.63) is 95.6 Å². The Hall–Kier alpha value is -3.85. The number of methoxy groups -OCH3 is 1. The first-order chi connectivity index (χ1) is 16.9. The summed E-state index contributed by atoms with van der Waals surface area (Å²) in [5, 5.41) is 15.2. The number of amides is 2. The van der Waals surface area contributed by atoms with Crippen molar-refractivity contribution < 1.29 is 13.9 Å². The number of anilines is 1. The van der Waals surface area contributed by atoms with E-state index in [-0.39, 0.29) is 11.8 Å². The van der Waals surface area contributed by atoms with Crippen LogP contribution in [0, 0.1) is 12.7 Å². The quantitative estimate of drug-likeness (QED) is 0.300. The van der Waals surface area contributed by atoms with E-state index in [2.05, 4.69) is 20.8 Å². The van der Waals surface area contributed by atoms with Crippen molar-refractivity contribution in [1.82, 2.24) is 20.1 Å². The third-order valence-electron chi connectivity index (χ3n) is 5.32. The highest BCUT2D eigenvalue weighted by atomic mass is 32.2. The number of aryl methyl sites for hydroxylation is 1. The van der Waals surface area contributed by atoms with E-state index in [4.69, 9.17) is 4.74 Å². The Morgan fingerprint density at radius 1 is 1.06 bits per heavy atom.